The zero-order valence-electron chi connectivity index (χ0n) is 10.4. The Morgan fingerprint density at radius 2 is 2.41 bits per heavy atom. The molecule has 2 N–H and O–H groups in total. The van der Waals surface area contributed by atoms with E-state index in [9.17, 15) is 4.79 Å². The Balaban J connectivity index is 2.40. The van der Waals surface area contributed by atoms with E-state index in [-0.39, 0.29) is 18.6 Å². The van der Waals surface area contributed by atoms with E-state index in [2.05, 4.69) is 15.6 Å². The summed E-state index contributed by atoms with van der Waals surface area (Å²) < 4.78 is 5.14. The Morgan fingerprint density at radius 3 is 3.06 bits per heavy atom. The van der Waals surface area contributed by atoms with E-state index in [1.165, 1.54) is 11.3 Å². The minimum Gasteiger partial charge on any atom is -0.372 e. The molecular weight excluding hydrogens is 238 g/mol. The Bertz CT molecular complexity index is 354. The lowest BCUT2D eigenvalue weighted by molar-refractivity contribution is -0.120. The summed E-state index contributed by atoms with van der Waals surface area (Å²) >= 11 is 1.42. The summed E-state index contributed by atoms with van der Waals surface area (Å²) in [6.07, 6.45) is 0.911. The van der Waals surface area contributed by atoms with Crippen molar-refractivity contribution in [2.75, 3.05) is 25.6 Å². The number of thiazole rings is 1. The molecule has 0 saturated carbocycles. The van der Waals surface area contributed by atoms with Crippen molar-refractivity contribution in [3.8, 4) is 0 Å². The maximum atomic E-state index is 11.5. The van der Waals surface area contributed by atoms with E-state index in [0.29, 0.717) is 11.7 Å². The van der Waals surface area contributed by atoms with Crippen LogP contribution in [0.5, 0.6) is 0 Å². The van der Waals surface area contributed by atoms with Crippen LogP contribution in [0.1, 0.15) is 32.0 Å². The van der Waals surface area contributed by atoms with Gasteiger partial charge in [0.2, 0.25) is 0 Å². The van der Waals surface area contributed by atoms with Gasteiger partial charge in [0, 0.05) is 18.0 Å². The van der Waals surface area contributed by atoms with Crippen molar-refractivity contribution >= 4 is 22.4 Å². The average molecular weight is 257 g/mol. The van der Waals surface area contributed by atoms with Gasteiger partial charge in [-0.05, 0) is 20.4 Å². The molecule has 5 nitrogen and oxygen atoms in total. The highest BCUT2D eigenvalue weighted by Gasteiger charge is 2.10. The molecule has 0 fully saturated rings. The van der Waals surface area contributed by atoms with Crippen molar-refractivity contribution in [2.45, 2.75) is 26.3 Å². The van der Waals surface area contributed by atoms with Crippen molar-refractivity contribution in [2.24, 2.45) is 0 Å². The van der Waals surface area contributed by atoms with Crippen molar-refractivity contribution < 1.29 is 9.53 Å². The minimum absolute atomic E-state index is 0.0876. The van der Waals surface area contributed by atoms with Gasteiger partial charge in [-0.15, -0.1) is 11.3 Å². The summed E-state index contributed by atoms with van der Waals surface area (Å²) in [6, 6.07) is 0.188. The molecule has 1 rings (SSSR count). The van der Waals surface area contributed by atoms with Gasteiger partial charge in [-0.1, -0.05) is 6.92 Å². The first kappa shape index (κ1) is 14.1. The third kappa shape index (κ3) is 4.80. The van der Waals surface area contributed by atoms with Gasteiger partial charge < -0.3 is 10.1 Å². The van der Waals surface area contributed by atoms with Gasteiger partial charge in [0.25, 0.3) is 5.91 Å². The van der Waals surface area contributed by atoms with E-state index in [1.54, 1.807) is 0 Å². The molecule has 1 atom stereocenters. The van der Waals surface area contributed by atoms with Crippen LogP contribution in [0, 0.1) is 0 Å². The Kier molecular flexibility index (Phi) is 6.10. The normalized spacial score (nSPS) is 12.4. The molecule has 0 saturated heterocycles. The number of anilines is 1. The SMILES string of the molecule is CCCOCC(=O)Nc1nc(C(C)NC)cs1. The molecule has 1 heterocycles. The second kappa shape index (κ2) is 7.37. The number of carbonyl (C=O) groups excluding carboxylic acids is 1. The summed E-state index contributed by atoms with van der Waals surface area (Å²) in [5.41, 5.74) is 0.933. The molecule has 0 spiro atoms. The van der Waals surface area contributed by atoms with Gasteiger partial charge >= 0.3 is 0 Å². The first-order chi connectivity index (χ1) is 8.17. The van der Waals surface area contributed by atoms with Crippen LogP contribution in [0.2, 0.25) is 0 Å². The fourth-order valence-electron chi connectivity index (χ4n) is 1.15. The Hall–Kier alpha value is -0.980. The molecule has 0 bridgehead atoms. The predicted molar refractivity (Wildman–Crippen MR) is 69.3 cm³/mol. The Morgan fingerprint density at radius 1 is 1.65 bits per heavy atom. The lowest BCUT2D eigenvalue weighted by Gasteiger charge is -2.05. The number of carbonyl (C=O) groups is 1. The average Bonchev–Trinajstić information content (AvgIpc) is 2.77. The standard InChI is InChI=1S/C11H19N3O2S/c1-4-5-16-6-10(15)14-11-13-9(7-17-11)8(2)12-3/h7-8,12H,4-6H2,1-3H3,(H,13,14,15). The van der Waals surface area contributed by atoms with Gasteiger partial charge in [-0.3, -0.25) is 10.1 Å². The summed E-state index contributed by atoms with van der Waals surface area (Å²) in [4.78, 5) is 15.8. The van der Waals surface area contributed by atoms with Crippen LogP contribution in [0.25, 0.3) is 0 Å². The smallest absolute Gasteiger partial charge is 0.252 e. The molecule has 0 radical (unpaired) electrons. The van der Waals surface area contributed by atoms with Gasteiger partial charge in [0.05, 0.1) is 5.69 Å². The topological polar surface area (TPSA) is 63.2 Å². The maximum Gasteiger partial charge on any atom is 0.252 e. The predicted octanol–water partition coefficient (Wildman–Crippen LogP) is 1.79. The molecule has 17 heavy (non-hydrogen) atoms. The second-order valence-electron chi connectivity index (χ2n) is 3.69. The van der Waals surface area contributed by atoms with Crippen molar-refractivity contribution in [1.29, 1.82) is 0 Å². The minimum atomic E-state index is -0.156. The molecule has 0 aliphatic carbocycles. The van der Waals surface area contributed by atoms with Crippen LogP contribution in [0.3, 0.4) is 0 Å². The number of ether oxygens (including phenoxy) is 1. The fourth-order valence-corrected chi connectivity index (χ4v) is 1.97. The molecule has 96 valence electrons. The van der Waals surface area contributed by atoms with Gasteiger partial charge in [0.1, 0.15) is 6.61 Å². The number of rotatable bonds is 7. The van der Waals surface area contributed by atoms with Crippen molar-refractivity contribution in [3.63, 3.8) is 0 Å². The monoisotopic (exact) mass is 257 g/mol. The lowest BCUT2D eigenvalue weighted by atomic mass is 10.3. The molecule has 1 amide bonds. The van der Waals surface area contributed by atoms with Crippen LogP contribution in [0.15, 0.2) is 5.38 Å². The van der Waals surface area contributed by atoms with Gasteiger partial charge in [-0.25, -0.2) is 4.98 Å². The molecule has 1 aromatic heterocycles. The fraction of sp³-hybridized carbons (Fsp3) is 0.636. The first-order valence-corrected chi connectivity index (χ1v) is 6.55. The highest BCUT2D eigenvalue weighted by atomic mass is 32.1. The summed E-state index contributed by atoms with van der Waals surface area (Å²) in [5.74, 6) is -0.156. The molecule has 0 aliphatic rings. The summed E-state index contributed by atoms with van der Waals surface area (Å²) in [6.45, 7) is 4.72. The van der Waals surface area contributed by atoms with Gasteiger partial charge in [0.15, 0.2) is 5.13 Å². The van der Waals surface area contributed by atoms with E-state index in [1.807, 2.05) is 26.3 Å². The zero-order chi connectivity index (χ0) is 12.7. The first-order valence-electron chi connectivity index (χ1n) is 5.67. The number of hydrogen-bond acceptors (Lipinski definition) is 5. The second-order valence-corrected chi connectivity index (χ2v) is 4.55. The van der Waals surface area contributed by atoms with Gasteiger partial charge in [-0.2, -0.15) is 0 Å². The largest absolute Gasteiger partial charge is 0.372 e. The third-order valence-electron chi connectivity index (χ3n) is 2.23. The Labute approximate surface area is 106 Å². The van der Waals surface area contributed by atoms with Crippen LogP contribution < -0.4 is 10.6 Å². The van der Waals surface area contributed by atoms with Crippen LogP contribution in [-0.4, -0.2) is 31.2 Å². The highest BCUT2D eigenvalue weighted by Crippen LogP contribution is 2.19. The zero-order valence-corrected chi connectivity index (χ0v) is 11.3. The van der Waals surface area contributed by atoms with E-state index in [4.69, 9.17) is 4.74 Å². The summed E-state index contributed by atoms with van der Waals surface area (Å²) in [7, 11) is 1.88. The number of nitrogens with zero attached hydrogens (tertiary/aromatic N) is 1. The summed E-state index contributed by atoms with van der Waals surface area (Å²) in [5, 5.41) is 8.36. The lowest BCUT2D eigenvalue weighted by Crippen LogP contribution is -2.18. The van der Waals surface area contributed by atoms with Crippen LogP contribution >= 0.6 is 11.3 Å². The number of nitrogens with one attached hydrogen (secondary N) is 2. The van der Waals surface area contributed by atoms with Crippen molar-refractivity contribution in [3.05, 3.63) is 11.1 Å². The van der Waals surface area contributed by atoms with Crippen molar-refractivity contribution in [1.82, 2.24) is 10.3 Å². The van der Waals surface area contributed by atoms with E-state index >= 15 is 0 Å². The van der Waals surface area contributed by atoms with E-state index < -0.39 is 0 Å². The van der Waals surface area contributed by atoms with E-state index in [0.717, 1.165) is 12.1 Å². The number of aromatic nitrogens is 1. The maximum absolute atomic E-state index is 11.5. The highest BCUT2D eigenvalue weighted by molar-refractivity contribution is 7.13. The number of hydrogen-bond donors (Lipinski definition) is 2. The van der Waals surface area contributed by atoms with Crippen LogP contribution in [-0.2, 0) is 9.53 Å². The molecule has 0 aliphatic heterocycles. The molecule has 1 aromatic rings. The molecule has 6 heteroatoms. The van der Waals surface area contributed by atoms with Crippen LogP contribution in [0.4, 0.5) is 5.13 Å². The molecule has 0 aromatic carbocycles. The number of amides is 1. The molecular formula is C11H19N3O2S. The third-order valence-corrected chi connectivity index (χ3v) is 3.00. The molecule has 1 unspecified atom stereocenters. The quantitative estimate of drug-likeness (QED) is 0.731.